The summed E-state index contributed by atoms with van der Waals surface area (Å²) in [4.78, 5) is 10.9. The smallest absolute Gasteiger partial charge is 0.416 e. The number of halogens is 17. The molecule has 0 aliphatic carbocycles. The number of alkyl halides is 17. The molecule has 0 saturated carbocycles. The summed E-state index contributed by atoms with van der Waals surface area (Å²) in [5, 5.41) is 0. The SMILES string of the molecule is CC[C@@H](/C=C(\C)C=O)CO[Si](CCC(F)(F)C(F)(F)C(F)(F)C(F)(F)C(F)(F)C(F)(F)C(F)(F)C(F)(F)F)(C(C)C)C(C)C. The molecule has 0 aromatic rings. The third-order valence-electron chi connectivity index (χ3n) is 7.35. The van der Waals surface area contributed by atoms with E-state index in [4.69, 9.17) is 4.43 Å². The highest BCUT2D eigenvalue weighted by Gasteiger charge is 2.95. The number of allylic oxidation sites excluding steroid dienone is 1. The largest absolute Gasteiger partial charge is 0.460 e. The molecule has 0 aromatic carbocycles. The summed E-state index contributed by atoms with van der Waals surface area (Å²) in [6.07, 6.45) is -8.14. The number of rotatable bonds is 17. The fourth-order valence-corrected chi connectivity index (χ4v) is 8.84. The molecule has 20 heteroatoms. The van der Waals surface area contributed by atoms with Gasteiger partial charge in [0.05, 0.1) is 0 Å². The number of carbonyl (C=O) groups excluding carboxylic acids is 1. The second-order valence-electron chi connectivity index (χ2n) is 10.9. The van der Waals surface area contributed by atoms with Crippen LogP contribution < -0.4 is 0 Å². The molecule has 0 amide bonds. The van der Waals surface area contributed by atoms with E-state index >= 15 is 0 Å². The van der Waals surface area contributed by atoms with Crippen molar-refractivity contribution in [1.29, 1.82) is 0 Å². The average molecular weight is 703 g/mol. The van der Waals surface area contributed by atoms with Gasteiger partial charge in [-0.25, -0.2) is 0 Å². The molecule has 44 heavy (non-hydrogen) atoms. The van der Waals surface area contributed by atoms with Crippen molar-refractivity contribution in [2.24, 2.45) is 5.92 Å². The van der Waals surface area contributed by atoms with Crippen LogP contribution >= 0.6 is 0 Å². The summed E-state index contributed by atoms with van der Waals surface area (Å²) in [5.74, 6) is -57.0. The fourth-order valence-electron chi connectivity index (χ4n) is 4.31. The van der Waals surface area contributed by atoms with Crippen LogP contribution in [0.2, 0.25) is 17.1 Å². The van der Waals surface area contributed by atoms with E-state index in [0.717, 1.165) is 0 Å². The summed E-state index contributed by atoms with van der Waals surface area (Å²) in [6.45, 7) is 8.08. The molecule has 0 radical (unpaired) electrons. The van der Waals surface area contributed by atoms with Crippen molar-refractivity contribution in [2.45, 2.75) is 119 Å². The minimum Gasteiger partial charge on any atom is -0.416 e. The molecule has 262 valence electrons. The van der Waals surface area contributed by atoms with Crippen LogP contribution in [0, 0.1) is 5.92 Å². The van der Waals surface area contributed by atoms with E-state index in [1.54, 1.807) is 6.92 Å². The Morgan fingerprint density at radius 3 is 1.34 bits per heavy atom. The third kappa shape index (κ3) is 7.04. The lowest BCUT2D eigenvalue weighted by molar-refractivity contribution is -0.461. The van der Waals surface area contributed by atoms with Crippen LogP contribution in [0.5, 0.6) is 0 Å². The molecule has 0 fully saturated rings. The van der Waals surface area contributed by atoms with Crippen molar-refractivity contribution in [3.63, 3.8) is 0 Å². The second kappa shape index (κ2) is 13.3. The number of hydrogen-bond acceptors (Lipinski definition) is 2. The summed E-state index contributed by atoms with van der Waals surface area (Å²) in [7, 11) is -3.85. The summed E-state index contributed by atoms with van der Waals surface area (Å²) in [6, 6.07) is -1.25. The van der Waals surface area contributed by atoms with E-state index in [1.807, 2.05) is 0 Å². The molecule has 0 N–H and O–H groups in total. The van der Waals surface area contributed by atoms with Gasteiger partial charge in [0, 0.05) is 13.0 Å². The molecule has 0 spiro atoms. The molecular weight excluding hydrogens is 671 g/mol. The lowest BCUT2D eigenvalue weighted by atomic mass is 9.88. The van der Waals surface area contributed by atoms with Gasteiger partial charge in [0.2, 0.25) is 0 Å². The van der Waals surface area contributed by atoms with Gasteiger partial charge in [-0.2, -0.15) is 74.6 Å². The van der Waals surface area contributed by atoms with Gasteiger partial charge in [-0.05, 0) is 42.0 Å². The lowest BCUT2D eigenvalue weighted by Crippen LogP contribution is -2.74. The maximum absolute atomic E-state index is 14.7. The van der Waals surface area contributed by atoms with Crippen molar-refractivity contribution < 1.29 is 83.9 Å². The minimum absolute atomic E-state index is 0.214. The quantitative estimate of drug-likeness (QED) is 0.0653. The first-order valence-corrected chi connectivity index (χ1v) is 15.0. The van der Waals surface area contributed by atoms with E-state index in [0.29, 0.717) is 6.29 Å². The monoisotopic (exact) mass is 702 g/mol. The van der Waals surface area contributed by atoms with Crippen LogP contribution in [-0.4, -0.2) is 68.8 Å². The van der Waals surface area contributed by atoms with Crippen LogP contribution in [0.3, 0.4) is 0 Å². The van der Waals surface area contributed by atoms with Gasteiger partial charge in [-0.3, -0.25) is 4.79 Å². The third-order valence-corrected chi connectivity index (χ3v) is 13.0. The topological polar surface area (TPSA) is 26.3 Å². The van der Waals surface area contributed by atoms with E-state index in [2.05, 4.69) is 0 Å². The molecular formula is C24H31F17O2Si. The molecule has 0 aliphatic heterocycles. The predicted molar refractivity (Wildman–Crippen MR) is 126 cm³/mol. The Bertz CT molecular complexity index is 995. The standard InChI is InChI=1S/C24H31F17O2Si/c1-7-16(10-15(6)11-42)12-43-44(13(2)3,14(4)5)9-8-17(25,26)18(27,28)19(29,30)20(31,32)21(33,34)22(35,36)23(37,38)24(39,40)41/h10-11,13-14,16H,7-9,12H2,1-6H3/b15-10+/t16-/m0/s1. The van der Waals surface area contributed by atoms with Gasteiger partial charge >= 0.3 is 47.6 Å². The Balaban J connectivity index is 6.70. The Labute approximate surface area is 242 Å². The molecule has 0 bridgehead atoms. The average Bonchev–Trinajstić information content (AvgIpc) is 2.85. The van der Waals surface area contributed by atoms with Gasteiger partial charge in [0.25, 0.3) is 0 Å². The van der Waals surface area contributed by atoms with Crippen molar-refractivity contribution >= 4 is 14.6 Å². The summed E-state index contributed by atoms with van der Waals surface area (Å²) < 4.78 is 238. The van der Waals surface area contributed by atoms with Crippen LogP contribution in [0.15, 0.2) is 11.6 Å². The highest BCUT2D eigenvalue weighted by atomic mass is 28.4. The predicted octanol–water partition coefficient (Wildman–Crippen LogP) is 10.3. The van der Waals surface area contributed by atoms with Gasteiger partial charge < -0.3 is 4.43 Å². The first-order valence-electron chi connectivity index (χ1n) is 12.7. The van der Waals surface area contributed by atoms with Crippen LogP contribution in [0.25, 0.3) is 0 Å². The van der Waals surface area contributed by atoms with Crippen molar-refractivity contribution in [3.05, 3.63) is 11.6 Å². The second-order valence-corrected chi connectivity index (χ2v) is 15.9. The number of hydrogen-bond donors (Lipinski definition) is 0. The number of carbonyl (C=O) groups is 1. The highest BCUT2D eigenvalue weighted by molar-refractivity contribution is 6.76. The normalized spacial score (nSPS) is 16.6. The molecule has 2 nitrogen and oxygen atoms in total. The maximum atomic E-state index is 14.7. The zero-order valence-corrected chi connectivity index (χ0v) is 25.0. The van der Waals surface area contributed by atoms with E-state index in [-0.39, 0.29) is 18.6 Å². The van der Waals surface area contributed by atoms with Gasteiger partial charge in [-0.15, -0.1) is 0 Å². The van der Waals surface area contributed by atoms with Crippen LogP contribution in [-0.2, 0) is 9.22 Å². The maximum Gasteiger partial charge on any atom is 0.460 e. The van der Waals surface area contributed by atoms with E-state index < -0.39 is 85.4 Å². The first kappa shape index (κ1) is 42.4. The van der Waals surface area contributed by atoms with Gasteiger partial charge in [0.1, 0.15) is 6.29 Å². The molecule has 0 heterocycles. The molecule has 0 aromatic heterocycles. The van der Waals surface area contributed by atoms with Gasteiger partial charge in [0.15, 0.2) is 8.32 Å². The zero-order valence-electron chi connectivity index (χ0n) is 24.0. The Hall–Kier alpha value is -1.60. The zero-order chi connectivity index (χ0) is 35.8. The highest BCUT2D eigenvalue weighted by Crippen LogP contribution is 2.64. The summed E-state index contributed by atoms with van der Waals surface area (Å²) in [5.41, 5.74) is -1.38. The Morgan fingerprint density at radius 1 is 0.659 bits per heavy atom. The van der Waals surface area contributed by atoms with E-state index in [9.17, 15) is 79.4 Å². The molecule has 1 atom stereocenters. The Morgan fingerprint density at radius 2 is 1.02 bits per heavy atom. The molecule has 0 rings (SSSR count). The molecule has 0 unspecified atom stereocenters. The van der Waals surface area contributed by atoms with Crippen LogP contribution in [0.1, 0.15) is 54.4 Å². The van der Waals surface area contributed by atoms with Gasteiger partial charge in [-0.1, -0.05) is 40.7 Å². The molecule has 0 saturated heterocycles. The van der Waals surface area contributed by atoms with Crippen molar-refractivity contribution in [1.82, 2.24) is 0 Å². The lowest BCUT2D eigenvalue weighted by Gasteiger charge is -2.44. The van der Waals surface area contributed by atoms with Crippen LogP contribution in [0.4, 0.5) is 74.6 Å². The minimum atomic E-state index is -8.65. The first-order chi connectivity index (χ1) is 19.2. The van der Waals surface area contributed by atoms with Crippen molar-refractivity contribution in [3.8, 4) is 0 Å². The van der Waals surface area contributed by atoms with E-state index in [1.165, 1.54) is 40.7 Å². The summed E-state index contributed by atoms with van der Waals surface area (Å²) >= 11 is 0. The fraction of sp³-hybridized carbons (Fsp3) is 0.875. The molecule has 0 aliphatic rings. The number of aldehydes is 1. The Kier molecular flexibility index (Phi) is 12.8. The van der Waals surface area contributed by atoms with Crippen molar-refractivity contribution in [2.75, 3.05) is 6.61 Å².